The molecule has 1 unspecified atom stereocenters. The maximum Gasteiger partial charge on any atom is 0.229 e. The Balaban J connectivity index is 1.53. The highest BCUT2D eigenvalue weighted by atomic mass is 32.1. The summed E-state index contributed by atoms with van der Waals surface area (Å²) in [6, 6.07) is 3.69. The van der Waals surface area contributed by atoms with Crippen molar-refractivity contribution in [2.75, 3.05) is 18.0 Å². The predicted molar refractivity (Wildman–Crippen MR) is 85.2 cm³/mol. The van der Waals surface area contributed by atoms with E-state index in [-0.39, 0.29) is 24.2 Å². The van der Waals surface area contributed by atoms with Crippen molar-refractivity contribution in [1.29, 1.82) is 0 Å². The molecule has 0 spiro atoms. The number of amides is 2. The fraction of sp³-hybridized carbons (Fsp3) is 0.467. The van der Waals surface area contributed by atoms with Crippen LogP contribution >= 0.6 is 11.3 Å². The Labute approximate surface area is 137 Å². The van der Waals surface area contributed by atoms with Crippen LogP contribution in [0.25, 0.3) is 0 Å². The molecule has 2 aromatic heterocycles. The van der Waals surface area contributed by atoms with Gasteiger partial charge in [0.05, 0.1) is 12.2 Å². The van der Waals surface area contributed by atoms with Crippen LogP contribution in [0.1, 0.15) is 24.1 Å². The second kappa shape index (κ2) is 6.91. The van der Waals surface area contributed by atoms with E-state index in [1.165, 1.54) is 11.3 Å². The van der Waals surface area contributed by atoms with Crippen molar-refractivity contribution >= 4 is 28.3 Å². The zero-order valence-electron chi connectivity index (χ0n) is 12.8. The van der Waals surface area contributed by atoms with Crippen LogP contribution < -0.4 is 10.2 Å². The summed E-state index contributed by atoms with van der Waals surface area (Å²) in [5, 5.41) is 12.4. The van der Waals surface area contributed by atoms with Crippen molar-refractivity contribution in [1.82, 2.24) is 15.5 Å². The smallest absolute Gasteiger partial charge is 0.229 e. The Kier molecular flexibility index (Phi) is 4.71. The van der Waals surface area contributed by atoms with Gasteiger partial charge in [-0.3, -0.25) is 14.5 Å². The van der Waals surface area contributed by atoms with Crippen LogP contribution in [0, 0.1) is 5.92 Å². The number of furan rings is 1. The third-order valence-electron chi connectivity index (χ3n) is 3.74. The molecule has 3 rings (SSSR count). The van der Waals surface area contributed by atoms with Gasteiger partial charge in [-0.25, -0.2) is 0 Å². The third-order valence-corrected chi connectivity index (χ3v) is 4.83. The molecule has 8 heteroatoms. The van der Waals surface area contributed by atoms with Crippen LogP contribution in [0.15, 0.2) is 22.8 Å². The van der Waals surface area contributed by atoms with Crippen LogP contribution in [0.4, 0.5) is 5.13 Å². The molecular formula is C15H18N4O3S. The molecule has 7 nitrogen and oxygen atoms in total. The molecule has 1 N–H and O–H groups in total. The number of aryl methyl sites for hydroxylation is 1. The molecule has 2 aromatic rings. The van der Waals surface area contributed by atoms with E-state index in [1.54, 1.807) is 11.2 Å². The predicted octanol–water partition coefficient (Wildman–Crippen LogP) is 1.41. The molecule has 0 radical (unpaired) electrons. The Hall–Kier alpha value is -2.22. The number of nitrogens with zero attached hydrogens (tertiary/aromatic N) is 3. The van der Waals surface area contributed by atoms with Gasteiger partial charge in [0.15, 0.2) is 0 Å². The first-order valence-corrected chi connectivity index (χ1v) is 8.42. The van der Waals surface area contributed by atoms with Gasteiger partial charge in [0.2, 0.25) is 16.9 Å². The highest BCUT2D eigenvalue weighted by Gasteiger charge is 2.36. The molecule has 0 bridgehead atoms. The summed E-state index contributed by atoms with van der Waals surface area (Å²) in [5.41, 5.74) is 0. The van der Waals surface area contributed by atoms with Crippen molar-refractivity contribution in [3.63, 3.8) is 0 Å². The average molecular weight is 334 g/mol. The largest absolute Gasteiger partial charge is 0.469 e. The van der Waals surface area contributed by atoms with E-state index in [2.05, 4.69) is 15.5 Å². The summed E-state index contributed by atoms with van der Waals surface area (Å²) in [7, 11) is 0. The summed E-state index contributed by atoms with van der Waals surface area (Å²) in [5.74, 6) is 0.311. The van der Waals surface area contributed by atoms with Crippen LogP contribution in [-0.4, -0.2) is 35.1 Å². The van der Waals surface area contributed by atoms with Crippen molar-refractivity contribution in [2.24, 2.45) is 5.92 Å². The fourth-order valence-corrected chi connectivity index (χ4v) is 3.28. The lowest BCUT2D eigenvalue weighted by atomic mass is 10.1. The number of carbonyl (C=O) groups excluding carboxylic acids is 2. The second-order valence-electron chi connectivity index (χ2n) is 5.36. The highest BCUT2D eigenvalue weighted by Crippen LogP contribution is 2.28. The standard InChI is InChI=1S/C15H18N4O3S/c1-2-12-17-18-15(23-12)19-9-10(8-13(19)20)14(21)16-6-5-11-4-3-7-22-11/h3-4,7,10H,2,5-6,8-9H2,1H3,(H,16,21). The maximum atomic E-state index is 12.2. The monoisotopic (exact) mass is 334 g/mol. The Bertz CT molecular complexity index is 683. The van der Waals surface area contributed by atoms with Crippen molar-refractivity contribution in [3.05, 3.63) is 29.2 Å². The molecule has 23 heavy (non-hydrogen) atoms. The zero-order valence-corrected chi connectivity index (χ0v) is 13.6. The van der Waals surface area contributed by atoms with Gasteiger partial charge in [0, 0.05) is 25.9 Å². The van der Waals surface area contributed by atoms with E-state index >= 15 is 0 Å². The average Bonchev–Trinajstić information content (AvgIpc) is 3.26. The summed E-state index contributed by atoms with van der Waals surface area (Å²) in [6.45, 7) is 2.85. The van der Waals surface area contributed by atoms with Gasteiger partial charge in [-0.2, -0.15) is 0 Å². The number of aromatic nitrogens is 2. The molecule has 1 fully saturated rings. The number of rotatable bonds is 6. The van der Waals surface area contributed by atoms with Crippen molar-refractivity contribution < 1.29 is 14.0 Å². The Morgan fingerprint density at radius 1 is 1.52 bits per heavy atom. The van der Waals surface area contributed by atoms with Crippen LogP contribution in [0.5, 0.6) is 0 Å². The third kappa shape index (κ3) is 3.58. The summed E-state index contributed by atoms with van der Waals surface area (Å²) in [4.78, 5) is 25.9. The number of anilines is 1. The first-order chi connectivity index (χ1) is 11.2. The molecule has 0 aliphatic carbocycles. The molecular weight excluding hydrogens is 316 g/mol. The Morgan fingerprint density at radius 2 is 2.39 bits per heavy atom. The molecule has 0 saturated carbocycles. The van der Waals surface area contributed by atoms with Gasteiger partial charge in [-0.1, -0.05) is 18.3 Å². The molecule has 122 valence electrons. The minimum atomic E-state index is -0.340. The highest BCUT2D eigenvalue weighted by molar-refractivity contribution is 7.15. The first kappa shape index (κ1) is 15.7. The van der Waals surface area contributed by atoms with E-state index in [4.69, 9.17) is 4.42 Å². The quantitative estimate of drug-likeness (QED) is 0.863. The molecule has 1 atom stereocenters. The minimum absolute atomic E-state index is 0.0741. The Morgan fingerprint density at radius 3 is 3.09 bits per heavy atom. The van der Waals surface area contributed by atoms with Crippen LogP contribution in [0.3, 0.4) is 0 Å². The van der Waals surface area contributed by atoms with Crippen LogP contribution in [0.2, 0.25) is 0 Å². The fourth-order valence-electron chi connectivity index (χ4n) is 2.47. The summed E-state index contributed by atoms with van der Waals surface area (Å²) in [6.07, 6.45) is 3.25. The van der Waals surface area contributed by atoms with Crippen molar-refractivity contribution in [3.8, 4) is 0 Å². The summed E-state index contributed by atoms with van der Waals surface area (Å²) >= 11 is 1.40. The lowest BCUT2D eigenvalue weighted by Gasteiger charge is -2.12. The first-order valence-electron chi connectivity index (χ1n) is 7.60. The minimum Gasteiger partial charge on any atom is -0.469 e. The van der Waals surface area contributed by atoms with E-state index in [0.717, 1.165) is 17.2 Å². The number of hydrogen-bond donors (Lipinski definition) is 1. The second-order valence-corrected chi connectivity index (χ2v) is 6.40. The van der Waals surface area contributed by atoms with Gasteiger partial charge < -0.3 is 9.73 Å². The van der Waals surface area contributed by atoms with Gasteiger partial charge in [-0.15, -0.1) is 10.2 Å². The SMILES string of the molecule is CCc1nnc(N2CC(C(=O)NCCc3ccco3)CC2=O)s1. The summed E-state index contributed by atoms with van der Waals surface area (Å²) < 4.78 is 5.22. The lowest BCUT2D eigenvalue weighted by molar-refractivity contribution is -0.126. The molecule has 1 aliphatic heterocycles. The van der Waals surface area contributed by atoms with E-state index in [1.807, 2.05) is 19.1 Å². The van der Waals surface area contributed by atoms with Gasteiger partial charge in [-0.05, 0) is 18.6 Å². The van der Waals surface area contributed by atoms with Crippen molar-refractivity contribution in [2.45, 2.75) is 26.2 Å². The molecule has 0 aromatic carbocycles. The zero-order chi connectivity index (χ0) is 16.2. The molecule has 2 amide bonds. The molecule has 3 heterocycles. The molecule has 1 aliphatic rings. The van der Waals surface area contributed by atoms with Gasteiger partial charge in [0.25, 0.3) is 0 Å². The lowest BCUT2D eigenvalue weighted by Crippen LogP contribution is -2.34. The van der Waals surface area contributed by atoms with E-state index in [0.29, 0.717) is 24.6 Å². The molecule has 1 saturated heterocycles. The van der Waals surface area contributed by atoms with E-state index < -0.39 is 0 Å². The number of hydrogen-bond acceptors (Lipinski definition) is 6. The van der Waals surface area contributed by atoms with E-state index in [9.17, 15) is 9.59 Å². The van der Waals surface area contributed by atoms with Crippen LogP contribution in [-0.2, 0) is 22.4 Å². The normalized spacial score (nSPS) is 17.7. The maximum absolute atomic E-state index is 12.2. The van der Waals surface area contributed by atoms with Gasteiger partial charge >= 0.3 is 0 Å². The number of nitrogens with one attached hydrogen (secondary N) is 1. The topological polar surface area (TPSA) is 88.3 Å². The van der Waals surface area contributed by atoms with Gasteiger partial charge in [0.1, 0.15) is 10.8 Å². The number of carbonyl (C=O) groups is 2.